The van der Waals surface area contributed by atoms with Crippen LogP contribution < -0.4 is 0 Å². The van der Waals surface area contributed by atoms with Gasteiger partial charge in [0.25, 0.3) is 0 Å². The molecule has 0 heterocycles. The fraction of sp³-hybridized carbons (Fsp3) is 0.417. The second kappa shape index (κ2) is 4.71. The molecule has 3 heteroatoms. The van der Waals surface area contributed by atoms with Gasteiger partial charge in [0.2, 0.25) is 0 Å². The number of carboxylic acids is 1. The second-order valence-electron chi connectivity index (χ2n) is 3.99. The molecule has 0 spiro atoms. The Bertz CT molecular complexity index is 333. The molecule has 1 atom stereocenters. The van der Waals surface area contributed by atoms with E-state index >= 15 is 0 Å². The summed E-state index contributed by atoms with van der Waals surface area (Å²) in [6.07, 6.45) is 0. The summed E-state index contributed by atoms with van der Waals surface area (Å²) in [5.41, 5.74) is 1.16. The lowest BCUT2D eigenvalue weighted by molar-refractivity contribution is -0.138. The van der Waals surface area contributed by atoms with Crippen molar-refractivity contribution in [2.75, 3.05) is 0 Å². The molecule has 0 saturated heterocycles. The van der Waals surface area contributed by atoms with Gasteiger partial charge < -0.3 is 5.11 Å². The molecular formula is C12H16O2S. The topological polar surface area (TPSA) is 37.3 Å². The summed E-state index contributed by atoms with van der Waals surface area (Å²) in [5.74, 6) is -0.768. The summed E-state index contributed by atoms with van der Waals surface area (Å²) in [5, 5.41) is 9.21. The van der Waals surface area contributed by atoms with E-state index in [1.807, 2.05) is 37.3 Å². The van der Waals surface area contributed by atoms with Crippen LogP contribution in [0.5, 0.6) is 0 Å². The molecule has 1 N–H and O–H groups in total. The highest BCUT2D eigenvalue weighted by atomic mass is 32.2. The van der Waals surface area contributed by atoms with Gasteiger partial charge in [0.05, 0.1) is 0 Å². The highest BCUT2D eigenvalue weighted by Gasteiger charge is 2.30. The number of hydrogen-bond donors (Lipinski definition) is 1. The Morgan fingerprint density at radius 3 is 2.33 bits per heavy atom. The van der Waals surface area contributed by atoms with E-state index in [0.717, 1.165) is 5.56 Å². The molecule has 1 aromatic rings. The first-order valence-electron chi connectivity index (χ1n) is 4.89. The molecule has 1 rings (SSSR count). The van der Waals surface area contributed by atoms with Crippen LogP contribution in [0.15, 0.2) is 30.3 Å². The monoisotopic (exact) mass is 224 g/mol. The fourth-order valence-corrected chi connectivity index (χ4v) is 2.56. The van der Waals surface area contributed by atoms with Crippen LogP contribution in [-0.2, 0) is 4.79 Å². The van der Waals surface area contributed by atoms with Gasteiger partial charge in [-0.2, -0.15) is 0 Å². The maximum absolute atomic E-state index is 11.0. The first-order chi connectivity index (χ1) is 6.93. The quantitative estimate of drug-likeness (QED) is 0.852. The molecule has 0 amide bonds. The van der Waals surface area contributed by atoms with Crippen LogP contribution in [0.4, 0.5) is 0 Å². The predicted octanol–water partition coefficient (Wildman–Crippen LogP) is 3.34. The Morgan fingerprint density at radius 1 is 1.33 bits per heavy atom. The molecule has 0 aliphatic heterocycles. The lowest BCUT2D eigenvalue weighted by Gasteiger charge is -2.23. The van der Waals surface area contributed by atoms with E-state index in [4.69, 9.17) is 5.11 Å². The Morgan fingerprint density at radius 2 is 1.87 bits per heavy atom. The van der Waals surface area contributed by atoms with Gasteiger partial charge in [0.15, 0.2) is 0 Å². The molecule has 0 radical (unpaired) electrons. The van der Waals surface area contributed by atoms with Crippen LogP contribution in [0.1, 0.15) is 31.6 Å². The van der Waals surface area contributed by atoms with Crippen molar-refractivity contribution in [3.05, 3.63) is 35.9 Å². The third-order valence-electron chi connectivity index (χ3n) is 2.26. The van der Waals surface area contributed by atoms with E-state index in [2.05, 4.69) is 0 Å². The summed E-state index contributed by atoms with van der Waals surface area (Å²) in [7, 11) is 0. The minimum Gasteiger partial charge on any atom is -0.480 e. The number of carboxylic acid groups (broad SMARTS) is 1. The highest BCUT2D eigenvalue weighted by molar-refractivity contribution is 8.01. The van der Waals surface area contributed by atoms with Gasteiger partial charge in [-0.25, -0.2) is 0 Å². The van der Waals surface area contributed by atoms with Crippen molar-refractivity contribution in [3.63, 3.8) is 0 Å². The summed E-state index contributed by atoms with van der Waals surface area (Å²) in [6.45, 7) is 5.50. The molecule has 1 unspecified atom stereocenters. The zero-order chi connectivity index (χ0) is 11.5. The van der Waals surface area contributed by atoms with E-state index in [1.165, 1.54) is 11.8 Å². The molecule has 0 bridgehead atoms. The zero-order valence-electron chi connectivity index (χ0n) is 9.23. The Kier molecular flexibility index (Phi) is 3.80. The van der Waals surface area contributed by atoms with Crippen LogP contribution in [0.25, 0.3) is 0 Å². The van der Waals surface area contributed by atoms with Crippen molar-refractivity contribution in [2.45, 2.75) is 30.8 Å². The zero-order valence-corrected chi connectivity index (χ0v) is 10.0. The number of thioether (sulfide) groups is 1. The van der Waals surface area contributed by atoms with Gasteiger partial charge in [0.1, 0.15) is 4.75 Å². The second-order valence-corrected chi connectivity index (χ2v) is 5.95. The molecule has 2 nitrogen and oxygen atoms in total. The van der Waals surface area contributed by atoms with Crippen molar-refractivity contribution in [1.82, 2.24) is 0 Å². The Hall–Kier alpha value is -0.960. The molecule has 0 saturated carbocycles. The summed E-state index contributed by atoms with van der Waals surface area (Å²) in [4.78, 5) is 11.0. The van der Waals surface area contributed by atoms with Gasteiger partial charge >= 0.3 is 5.97 Å². The fourth-order valence-electron chi connectivity index (χ4n) is 1.28. The van der Waals surface area contributed by atoms with Gasteiger partial charge in [0, 0.05) is 5.25 Å². The van der Waals surface area contributed by atoms with Gasteiger partial charge in [-0.05, 0) is 26.3 Å². The van der Waals surface area contributed by atoms with Crippen LogP contribution in [-0.4, -0.2) is 15.8 Å². The molecule has 0 aliphatic carbocycles. The third-order valence-corrected chi connectivity index (χ3v) is 3.65. The smallest absolute Gasteiger partial charge is 0.319 e. The van der Waals surface area contributed by atoms with E-state index in [1.54, 1.807) is 13.8 Å². The lowest BCUT2D eigenvalue weighted by Crippen LogP contribution is -2.27. The van der Waals surface area contributed by atoms with E-state index in [0.29, 0.717) is 0 Å². The first-order valence-corrected chi connectivity index (χ1v) is 5.77. The number of benzene rings is 1. The van der Waals surface area contributed by atoms with Crippen LogP contribution in [0.3, 0.4) is 0 Å². The van der Waals surface area contributed by atoms with Crippen LogP contribution in [0.2, 0.25) is 0 Å². The summed E-state index contributed by atoms with van der Waals surface area (Å²) < 4.78 is -0.741. The molecule has 0 fully saturated rings. The van der Waals surface area contributed by atoms with Crippen LogP contribution in [0, 0.1) is 0 Å². The predicted molar refractivity (Wildman–Crippen MR) is 64.2 cm³/mol. The van der Waals surface area contributed by atoms with E-state index < -0.39 is 10.7 Å². The SMILES string of the molecule is CC(SC(C)(C)C(=O)O)c1ccccc1. The van der Waals surface area contributed by atoms with Crippen molar-refractivity contribution in [1.29, 1.82) is 0 Å². The van der Waals surface area contributed by atoms with Crippen molar-refractivity contribution >= 4 is 17.7 Å². The van der Waals surface area contributed by atoms with Crippen molar-refractivity contribution < 1.29 is 9.90 Å². The summed E-state index contributed by atoms with van der Waals surface area (Å²) >= 11 is 1.46. The van der Waals surface area contributed by atoms with Gasteiger partial charge in [-0.3, -0.25) is 4.79 Å². The van der Waals surface area contributed by atoms with E-state index in [-0.39, 0.29) is 5.25 Å². The van der Waals surface area contributed by atoms with Crippen LogP contribution >= 0.6 is 11.8 Å². The minimum atomic E-state index is -0.768. The molecule has 1 aromatic carbocycles. The van der Waals surface area contributed by atoms with Crippen molar-refractivity contribution in [2.24, 2.45) is 0 Å². The molecule has 0 aromatic heterocycles. The number of aliphatic carboxylic acids is 1. The average molecular weight is 224 g/mol. The number of carbonyl (C=O) groups is 1. The minimum absolute atomic E-state index is 0.192. The first kappa shape index (κ1) is 12.1. The Balaban J connectivity index is 2.72. The molecule has 0 aliphatic rings. The maximum atomic E-state index is 11.0. The Labute approximate surface area is 94.7 Å². The average Bonchev–Trinajstić information content (AvgIpc) is 2.18. The van der Waals surface area contributed by atoms with Gasteiger partial charge in [-0.1, -0.05) is 30.3 Å². The van der Waals surface area contributed by atoms with Crippen molar-refractivity contribution in [3.8, 4) is 0 Å². The number of rotatable bonds is 4. The molecular weight excluding hydrogens is 208 g/mol. The third kappa shape index (κ3) is 3.27. The summed E-state index contributed by atoms with van der Waals surface area (Å²) in [6, 6.07) is 9.95. The molecule has 82 valence electrons. The lowest BCUT2D eigenvalue weighted by atomic mass is 10.2. The van der Waals surface area contributed by atoms with Gasteiger partial charge in [-0.15, -0.1) is 11.8 Å². The normalized spacial score (nSPS) is 13.5. The highest BCUT2D eigenvalue weighted by Crippen LogP contribution is 2.38. The largest absolute Gasteiger partial charge is 0.480 e. The molecule has 15 heavy (non-hydrogen) atoms. The number of hydrogen-bond acceptors (Lipinski definition) is 2. The van der Waals surface area contributed by atoms with E-state index in [9.17, 15) is 4.79 Å². The standard InChI is InChI=1S/C12H16O2S/c1-9(10-7-5-4-6-8-10)15-12(2,3)11(13)14/h4-9H,1-3H3,(H,13,14). The maximum Gasteiger partial charge on any atom is 0.319 e.